The van der Waals surface area contributed by atoms with E-state index >= 15 is 0 Å². The fourth-order valence-corrected chi connectivity index (χ4v) is 2.94. The fraction of sp³-hybridized carbons (Fsp3) is 0.588. The zero-order valence-electron chi connectivity index (χ0n) is 12.4. The van der Waals surface area contributed by atoms with E-state index in [0.717, 1.165) is 12.1 Å². The van der Waals surface area contributed by atoms with Gasteiger partial charge >= 0.3 is 5.97 Å². The van der Waals surface area contributed by atoms with Crippen LogP contribution < -0.4 is 5.32 Å². The maximum absolute atomic E-state index is 11.4. The Morgan fingerprint density at radius 2 is 1.90 bits per heavy atom. The Labute approximate surface area is 121 Å². The molecule has 1 aromatic carbocycles. The van der Waals surface area contributed by atoms with Gasteiger partial charge in [-0.3, -0.25) is 4.79 Å². The Hall–Kier alpha value is -1.35. The number of carboxylic acids is 1. The lowest BCUT2D eigenvalue weighted by Crippen LogP contribution is -2.34. The number of carbonyl (C=O) groups is 1. The largest absolute Gasteiger partial charge is 0.480 e. The molecule has 0 aromatic heterocycles. The van der Waals surface area contributed by atoms with Crippen molar-refractivity contribution in [1.29, 1.82) is 0 Å². The highest BCUT2D eigenvalue weighted by Gasteiger charge is 2.28. The third-order valence-corrected chi connectivity index (χ3v) is 4.45. The van der Waals surface area contributed by atoms with Gasteiger partial charge in [0.15, 0.2) is 0 Å². The summed E-state index contributed by atoms with van der Waals surface area (Å²) in [4.78, 5) is 11.4. The van der Waals surface area contributed by atoms with Crippen LogP contribution >= 0.6 is 0 Å². The van der Waals surface area contributed by atoms with Gasteiger partial charge in [-0.1, -0.05) is 44.2 Å². The number of hydrogen-bond acceptors (Lipinski definition) is 2. The van der Waals surface area contributed by atoms with E-state index in [1.165, 1.54) is 25.7 Å². The highest BCUT2D eigenvalue weighted by atomic mass is 16.4. The molecule has 0 heterocycles. The van der Waals surface area contributed by atoms with Crippen LogP contribution in [0.25, 0.3) is 0 Å². The minimum absolute atomic E-state index is 0.460. The van der Waals surface area contributed by atoms with Crippen LogP contribution in [0.5, 0.6) is 0 Å². The highest BCUT2D eigenvalue weighted by molar-refractivity contribution is 5.75. The van der Waals surface area contributed by atoms with Crippen molar-refractivity contribution >= 4 is 5.97 Å². The average Bonchev–Trinajstić information content (AvgIpc) is 2.41. The summed E-state index contributed by atoms with van der Waals surface area (Å²) in [7, 11) is 0. The van der Waals surface area contributed by atoms with Gasteiger partial charge in [-0.05, 0) is 49.1 Å². The van der Waals surface area contributed by atoms with E-state index in [-0.39, 0.29) is 0 Å². The van der Waals surface area contributed by atoms with Crippen molar-refractivity contribution in [2.75, 3.05) is 6.54 Å². The first kappa shape index (κ1) is 15.0. The summed E-state index contributed by atoms with van der Waals surface area (Å²) in [6.45, 7) is 5.43. The van der Waals surface area contributed by atoms with Gasteiger partial charge in [0, 0.05) is 0 Å². The van der Waals surface area contributed by atoms with E-state index in [9.17, 15) is 9.90 Å². The molecule has 1 saturated carbocycles. The highest BCUT2D eigenvalue weighted by Crippen LogP contribution is 2.37. The van der Waals surface area contributed by atoms with Crippen molar-refractivity contribution in [3.05, 3.63) is 35.9 Å². The molecule has 1 atom stereocenters. The molecule has 2 rings (SSSR count). The molecule has 0 radical (unpaired) electrons. The standard InChI is InChI=1S/C17H25NO2/c1-17(2)10-8-13(9-11-17)12-18-15(16(19)20)14-6-4-3-5-7-14/h3-7,13,15,18H,8-12H2,1-2H3,(H,19,20)/t15-/m1/s1. The monoisotopic (exact) mass is 275 g/mol. The summed E-state index contributed by atoms with van der Waals surface area (Å²) in [5.74, 6) is -0.194. The molecule has 0 unspecified atom stereocenters. The number of rotatable bonds is 5. The van der Waals surface area contributed by atoms with Crippen LogP contribution in [0.3, 0.4) is 0 Å². The number of aliphatic carboxylic acids is 1. The van der Waals surface area contributed by atoms with Crippen LogP contribution in [0.1, 0.15) is 51.1 Å². The Bertz CT molecular complexity index is 432. The molecule has 1 aromatic rings. The fourth-order valence-electron chi connectivity index (χ4n) is 2.94. The smallest absolute Gasteiger partial charge is 0.325 e. The summed E-state index contributed by atoms with van der Waals surface area (Å²) in [6.07, 6.45) is 4.87. The number of benzene rings is 1. The average molecular weight is 275 g/mol. The molecule has 0 saturated heterocycles. The van der Waals surface area contributed by atoms with Crippen molar-refractivity contribution in [3.8, 4) is 0 Å². The first-order valence-corrected chi connectivity index (χ1v) is 7.49. The molecule has 2 N–H and O–H groups in total. The molecule has 0 bridgehead atoms. The van der Waals surface area contributed by atoms with Crippen molar-refractivity contribution in [1.82, 2.24) is 5.32 Å². The first-order valence-electron chi connectivity index (χ1n) is 7.49. The third-order valence-electron chi connectivity index (χ3n) is 4.45. The van der Waals surface area contributed by atoms with Crippen molar-refractivity contribution < 1.29 is 9.90 Å². The number of nitrogens with one attached hydrogen (secondary N) is 1. The lowest BCUT2D eigenvalue weighted by Gasteiger charge is -2.34. The Kier molecular flexibility index (Phi) is 4.81. The van der Waals surface area contributed by atoms with E-state index < -0.39 is 12.0 Å². The second-order valence-corrected chi connectivity index (χ2v) is 6.70. The van der Waals surface area contributed by atoms with Gasteiger partial charge in [-0.15, -0.1) is 0 Å². The summed E-state index contributed by atoms with van der Waals surface area (Å²) < 4.78 is 0. The quantitative estimate of drug-likeness (QED) is 0.863. The molecule has 1 aliphatic carbocycles. The summed E-state index contributed by atoms with van der Waals surface area (Å²) in [5.41, 5.74) is 1.29. The van der Waals surface area contributed by atoms with Crippen LogP contribution in [0.15, 0.2) is 30.3 Å². The Morgan fingerprint density at radius 3 is 2.45 bits per heavy atom. The van der Waals surface area contributed by atoms with E-state index in [1.807, 2.05) is 30.3 Å². The second kappa shape index (κ2) is 6.40. The molecule has 0 spiro atoms. The van der Waals surface area contributed by atoms with Gasteiger partial charge in [-0.2, -0.15) is 0 Å². The van der Waals surface area contributed by atoms with Crippen molar-refractivity contribution in [2.24, 2.45) is 11.3 Å². The molecule has 20 heavy (non-hydrogen) atoms. The molecule has 1 fully saturated rings. The predicted octanol–water partition coefficient (Wildman–Crippen LogP) is 3.62. The van der Waals surface area contributed by atoms with Gasteiger partial charge in [0.1, 0.15) is 6.04 Å². The van der Waals surface area contributed by atoms with Gasteiger partial charge in [0.05, 0.1) is 0 Å². The number of hydrogen-bond donors (Lipinski definition) is 2. The second-order valence-electron chi connectivity index (χ2n) is 6.70. The topological polar surface area (TPSA) is 49.3 Å². The number of carboxylic acid groups (broad SMARTS) is 1. The minimum atomic E-state index is -0.799. The molecule has 110 valence electrons. The minimum Gasteiger partial charge on any atom is -0.480 e. The van der Waals surface area contributed by atoms with Crippen LogP contribution in [0.2, 0.25) is 0 Å². The predicted molar refractivity (Wildman–Crippen MR) is 80.6 cm³/mol. The molecule has 1 aliphatic rings. The first-order chi connectivity index (χ1) is 9.48. The van der Waals surface area contributed by atoms with E-state index in [1.54, 1.807) is 0 Å². The van der Waals surface area contributed by atoms with E-state index in [0.29, 0.717) is 11.3 Å². The maximum Gasteiger partial charge on any atom is 0.325 e. The van der Waals surface area contributed by atoms with Gasteiger partial charge in [0.25, 0.3) is 0 Å². The van der Waals surface area contributed by atoms with Crippen LogP contribution in [-0.2, 0) is 4.79 Å². The van der Waals surface area contributed by atoms with Crippen molar-refractivity contribution in [2.45, 2.75) is 45.6 Å². The van der Waals surface area contributed by atoms with Gasteiger partial charge < -0.3 is 10.4 Å². The SMILES string of the molecule is CC1(C)CCC(CN[C@@H](C(=O)O)c2ccccc2)CC1. The molecule has 3 nitrogen and oxygen atoms in total. The van der Waals surface area contributed by atoms with E-state index in [2.05, 4.69) is 19.2 Å². The summed E-state index contributed by atoms with van der Waals surface area (Å²) in [5, 5.41) is 12.6. The van der Waals surface area contributed by atoms with Crippen LogP contribution in [-0.4, -0.2) is 17.6 Å². The van der Waals surface area contributed by atoms with Gasteiger partial charge in [-0.25, -0.2) is 0 Å². The van der Waals surface area contributed by atoms with Crippen LogP contribution in [0, 0.1) is 11.3 Å². The molecule has 3 heteroatoms. The summed E-state index contributed by atoms with van der Waals surface area (Å²) >= 11 is 0. The lowest BCUT2D eigenvalue weighted by molar-refractivity contribution is -0.139. The maximum atomic E-state index is 11.4. The van der Waals surface area contributed by atoms with Crippen molar-refractivity contribution in [3.63, 3.8) is 0 Å². The molecule has 0 amide bonds. The van der Waals surface area contributed by atoms with Gasteiger partial charge in [0.2, 0.25) is 0 Å². The molecular formula is C17H25NO2. The molecular weight excluding hydrogens is 250 g/mol. The normalized spacial score (nSPS) is 20.5. The molecule has 0 aliphatic heterocycles. The Morgan fingerprint density at radius 1 is 1.30 bits per heavy atom. The summed E-state index contributed by atoms with van der Waals surface area (Å²) in [6, 6.07) is 8.83. The van der Waals surface area contributed by atoms with Crippen LogP contribution in [0.4, 0.5) is 0 Å². The zero-order chi connectivity index (χ0) is 14.6. The third kappa shape index (κ3) is 4.07. The zero-order valence-corrected chi connectivity index (χ0v) is 12.4. The van der Waals surface area contributed by atoms with E-state index in [4.69, 9.17) is 0 Å². The lowest BCUT2D eigenvalue weighted by atomic mass is 9.73. The Balaban J connectivity index is 1.89.